The molecule has 0 radical (unpaired) electrons. The summed E-state index contributed by atoms with van der Waals surface area (Å²) in [6, 6.07) is 8.53. The lowest BCUT2D eigenvalue weighted by Crippen LogP contribution is -2.46. The quantitative estimate of drug-likeness (QED) is 0.224. The summed E-state index contributed by atoms with van der Waals surface area (Å²) in [6.45, 7) is 5.66. The lowest BCUT2D eigenvalue weighted by atomic mass is 10.0. The number of amides is 2. The SMILES string of the molecule is COCc1cc(Br)nc(NC(=O)[C@@H]2C[C@@]3(C)C[C@H]3N2C(=O)Cn2nc(C(C)=O)c3cc(-c4cnc(C)nc4)ccc32)c1. The summed E-state index contributed by atoms with van der Waals surface area (Å²) in [4.78, 5) is 54.5. The van der Waals surface area contributed by atoms with Crippen LogP contribution in [0.4, 0.5) is 5.82 Å². The predicted molar refractivity (Wildman–Crippen MR) is 159 cm³/mol. The number of benzene rings is 1. The van der Waals surface area contributed by atoms with E-state index < -0.39 is 6.04 Å². The number of Topliss-reactive ketones (excluding diaryl/α,β-unsaturated/α-hetero) is 1. The number of piperidine rings is 1. The van der Waals surface area contributed by atoms with Gasteiger partial charge < -0.3 is 15.0 Å². The molecule has 42 heavy (non-hydrogen) atoms. The van der Waals surface area contributed by atoms with E-state index in [1.807, 2.05) is 31.2 Å². The molecule has 1 aliphatic carbocycles. The number of likely N-dealkylation sites (tertiary alicyclic amines) is 1. The molecule has 2 fully saturated rings. The molecule has 2 aliphatic rings. The summed E-state index contributed by atoms with van der Waals surface area (Å²) in [5.74, 6) is 0.342. The molecular weight excluding hydrogens is 602 g/mol. The van der Waals surface area contributed by atoms with Gasteiger partial charge in [-0.2, -0.15) is 5.10 Å². The van der Waals surface area contributed by atoms with Gasteiger partial charge in [0.2, 0.25) is 11.8 Å². The number of aryl methyl sites for hydroxylation is 1. The number of carbonyl (C=O) groups excluding carboxylic acids is 3. The molecular formula is C30H30BrN7O4. The highest BCUT2D eigenvalue weighted by atomic mass is 79.9. The Bertz CT molecular complexity index is 1740. The normalized spacial score (nSPS) is 20.9. The zero-order chi connectivity index (χ0) is 29.8. The minimum absolute atomic E-state index is 0.0254. The van der Waals surface area contributed by atoms with Crippen molar-refractivity contribution in [2.45, 2.75) is 58.8 Å². The van der Waals surface area contributed by atoms with Crippen molar-refractivity contribution in [2.75, 3.05) is 12.4 Å². The second-order valence-corrected chi connectivity index (χ2v) is 12.1. The summed E-state index contributed by atoms with van der Waals surface area (Å²) in [7, 11) is 1.60. The molecule has 4 heterocycles. The number of hydrogen-bond acceptors (Lipinski definition) is 8. The van der Waals surface area contributed by atoms with E-state index in [1.54, 1.807) is 35.2 Å². The molecule has 1 N–H and O–H groups in total. The third kappa shape index (κ3) is 5.20. The monoisotopic (exact) mass is 631 g/mol. The second kappa shape index (κ2) is 10.7. The number of nitrogens with zero attached hydrogens (tertiary/aromatic N) is 6. The van der Waals surface area contributed by atoms with E-state index in [0.29, 0.717) is 40.2 Å². The van der Waals surface area contributed by atoms with Crippen molar-refractivity contribution in [3.05, 3.63) is 64.4 Å². The molecule has 1 aliphatic heterocycles. The van der Waals surface area contributed by atoms with Crippen molar-refractivity contribution < 1.29 is 19.1 Å². The average molecular weight is 633 g/mol. The Kier molecular flexibility index (Phi) is 7.14. The maximum atomic E-state index is 13.8. The van der Waals surface area contributed by atoms with E-state index in [9.17, 15) is 14.4 Å². The smallest absolute Gasteiger partial charge is 0.248 e. The van der Waals surface area contributed by atoms with Crippen LogP contribution in [0.2, 0.25) is 0 Å². The number of aromatic nitrogens is 5. The number of ether oxygens (including phenoxy) is 1. The van der Waals surface area contributed by atoms with Crippen molar-refractivity contribution in [2.24, 2.45) is 5.41 Å². The first-order valence-electron chi connectivity index (χ1n) is 13.6. The molecule has 1 saturated carbocycles. The molecule has 3 atom stereocenters. The summed E-state index contributed by atoms with van der Waals surface area (Å²) >= 11 is 3.38. The molecule has 12 heteroatoms. The average Bonchev–Trinajstić information content (AvgIpc) is 3.30. The molecule has 11 nitrogen and oxygen atoms in total. The Balaban J connectivity index is 1.27. The second-order valence-electron chi connectivity index (χ2n) is 11.3. The van der Waals surface area contributed by atoms with Crippen LogP contribution in [0.5, 0.6) is 0 Å². The molecule has 1 aromatic carbocycles. The first-order chi connectivity index (χ1) is 20.1. The van der Waals surface area contributed by atoms with Crippen LogP contribution in [0, 0.1) is 12.3 Å². The van der Waals surface area contributed by atoms with Crippen LogP contribution in [-0.2, 0) is 27.5 Å². The molecule has 0 spiro atoms. The molecule has 6 rings (SSSR count). The van der Waals surface area contributed by atoms with E-state index in [0.717, 1.165) is 23.1 Å². The molecule has 1 saturated heterocycles. The molecule has 4 aromatic rings. The van der Waals surface area contributed by atoms with Gasteiger partial charge in [-0.1, -0.05) is 13.0 Å². The number of ketones is 1. The van der Waals surface area contributed by atoms with Crippen LogP contribution in [0.3, 0.4) is 0 Å². The van der Waals surface area contributed by atoms with Gasteiger partial charge in [0, 0.05) is 43.4 Å². The number of rotatable bonds is 8. The molecule has 0 unspecified atom stereocenters. The van der Waals surface area contributed by atoms with E-state index in [1.165, 1.54) is 6.92 Å². The highest BCUT2D eigenvalue weighted by Crippen LogP contribution is 2.59. The highest BCUT2D eigenvalue weighted by Gasteiger charge is 2.64. The minimum atomic E-state index is -0.643. The van der Waals surface area contributed by atoms with Gasteiger partial charge in [0.15, 0.2) is 5.78 Å². The third-order valence-electron chi connectivity index (χ3n) is 8.13. The van der Waals surface area contributed by atoms with Gasteiger partial charge in [0.1, 0.15) is 34.5 Å². The van der Waals surface area contributed by atoms with Crippen molar-refractivity contribution in [1.29, 1.82) is 0 Å². The van der Waals surface area contributed by atoms with Crippen molar-refractivity contribution in [3.8, 4) is 11.1 Å². The van der Waals surface area contributed by atoms with Crippen LogP contribution in [0.1, 0.15) is 48.6 Å². The van der Waals surface area contributed by atoms with Crippen molar-refractivity contribution in [1.82, 2.24) is 29.6 Å². The lowest BCUT2D eigenvalue weighted by molar-refractivity contribution is -0.138. The summed E-state index contributed by atoms with van der Waals surface area (Å²) < 4.78 is 7.35. The van der Waals surface area contributed by atoms with Crippen molar-refractivity contribution in [3.63, 3.8) is 0 Å². The molecule has 2 amide bonds. The largest absolute Gasteiger partial charge is 0.380 e. The first kappa shape index (κ1) is 28.1. The maximum absolute atomic E-state index is 13.8. The molecule has 3 aromatic heterocycles. The van der Waals surface area contributed by atoms with Crippen LogP contribution < -0.4 is 5.32 Å². The van der Waals surface area contributed by atoms with E-state index in [2.05, 4.69) is 48.2 Å². The van der Waals surface area contributed by atoms with Gasteiger partial charge in [-0.3, -0.25) is 19.1 Å². The fraction of sp³-hybridized carbons (Fsp3) is 0.367. The fourth-order valence-electron chi connectivity index (χ4n) is 5.92. The Morgan fingerprint density at radius 2 is 1.88 bits per heavy atom. The highest BCUT2D eigenvalue weighted by molar-refractivity contribution is 9.10. The number of pyridine rings is 1. The van der Waals surface area contributed by atoms with Gasteiger partial charge in [-0.25, -0.2) is 15.0 Å². The number of fused-ring (bicyclic) bond motifs is 2. The Morgan fingerprint density at radius 1 is 1.12 bits per heavy atom. The van der Waals surface area contributed by atoms with Gasteiger partial charge in [-0.05, 0) is 76.5 Å². The van der Waals surface area contributed by atoms with Gasteiger partial charge in [0.05, 0.1) is 12.1 Å². The number of methoxy groups -OCH3 is 1. The fourth-order valence-corrected chi connectivity index (χ4v) is 6.41. The summed E-state index contributed by atoms with van der Waals surface area (Å²) in [5, 5.41) is 8.08. The third-order valence-corrected chi connectivity index (χ3v) is 8.53. The zero-order valence-corrected chi connectivity index (χ0v) is 25.3. The number of nitrogens with one attached hydrogen (secondary N) is 1. The number of anilines is 1. The first-order valence-corrected chi connectivity index (χ1v) is 14.4. The van der Waals surface area contributed by atoms with E-state index in [-0.39, 0.29) is 41.3 Å². The zero-order valence-electron chi connectivity index (χ0n) is 23.7. The molecule has 0 bridgehead atoms. The van der Waals surface area contributed by atoms with Crippen LogP contribution >= 0.6 is 15.9 Å². The summed E-state index contributed by atoms with van der Waals surface area (Å²) in [6.07, 6.45) is 4.88. The standard InChI is InChI=1S/C30H30BrN7O4/c1-16(39)28-21-9-19(20-12-32-17(2)33-13-20)5-6-22(21)37(36-28)14-27(40)38-23(10-30(3)11-24(30)38)29(41)35-26-8-18(15-42-4)7-25(31)34-26/h5-9,12-13,23-24H,10-11,14-15H2,1-4H3,(H,34,35,41)/t23-,24+,30-/m0/s1. The van der Waals surface area contributed by atoms with E-state index >= 15 is 0 Å². The Labute approximate surface area is 250 Å². The minimum Gasteiger partial charge on any atom is -0.380 e. The van der Waals surface area contributed by atoms with Gasteiger partial charge in [-0.15, -0.1) is 0 Å². The van der Waals surface area contributed by atoms with Gasteiger partial charge >= 0.3 is 0 Å². The molecule has 216 valence electrons. The van der Waals surface area contributed by atoms with E-state index in [4.69, 9.17) is 4.74 Å². The van der Waals surface area contributed by atoms with Crippen LogP contribution in [0.15, 0.2) is 47.3 Å². The number of halogens is 1. The predicted octanol–water partition coefficient (Wildman–Crippen LogP) is 4.33. The van der Waals surface area contributed by atoms with Crippen LogP contribution in [-0.4, -0.2) is 66.4 Å². The topological polar surface area (TPSA) is 132 Å². The summed E-state index contributed by atoms with van der Waals surface area (Å²) in [5.41, 5.74) is 3.35. The van der Waals surface area contributed by atoms with Crippen molar-refractivity contribution >= 4 is 50.2 Å². The maximum Gasteiger partial charge on any atom is 0.248 e. The van der Waals surface area contributed by atoms with Gasteiger partial charge in [0.25, 0.3) is 0 Å². The lowest BCUT2D eigenvalue weighted by Gasteiger charge is -2.27. The number of hydrogen-bond donors (Lipinski definition) is 1. The Morgan fingerprint density at radius 3 is 2.60 bits per heavy atom. The Hall–Kier alpha value is -4.03. The number of carbonyl (C=O) groups is 3. The van der Waals surface area contributed by atoms with Crippen LogP contribution in [0.25, 0.3) is 22.0 Å².